The highest BCUT2D eigenvalue weighted by Gasteiger charge is 2.29. The third-order valence-electron chi connectivity index (χ3n) is 4.82. The first-order chi connectivity index (χ1) is 10.7. The molecule has 0 radical (unpaired) electrons. The van der Waals surface area contributed by atoms with Crippen molar-refractivity contribution in [3.05, 3.63) is 22.7 Å². The minimum Gasteiger partial charge on any atom is -0.493 e. The molecule has 22 heavy (non-hydrogen) atoms. The molecule has 0 saturated carbocycles. The lowest BCUT2D eigenvalue weighted by Crippen LogP contribution is -2.35. The first kappa shape index (κ1) is 15.9. The van der Waals surface area contributed by atoms with Crippen molar-refractivity contribution in [1.82, 2.24) is 9.80 Å². The van der Waals surface area contributed by atoms with Gasteiger partial charge < -0.3 is 9.47 Å². The van der Waals surface area contributed by atoms with E-state index >= 15 is 0 Å². The van der Waals surface area contributed by atoms with Crippen molar-refractivity contribution in [3.8, 4) is 11.5 Å². The van der Waals surface area contributed by atoms with Crippen LogP contribution in [0.1, 0.15) is 24.8 Å². The summed E-state index contributed by atoms with van der Waals surface area (Å²) in [6.45, 7) is 5.68. The number of halogens is 1. The zero-order chi connectivity index (χ0) is 15.5. The summed E-state index contributed by atoms with van der Waals surface area (Å²) in [5.41, 5.74) is 1.11. The molecule has 0 unspecified atom stereocenters. The van der Waals surface area contributed by atoms with Gasteiger partial charge in [0, 0.05) is 42.3 Å². The topological polar surface area (TPSA) is 24.9 Å². The Morgan fingerprint density at radius 1 is 1.14 bits per heavy atom. The van der Waals surface area contributed by atoms with E-state index in [-0.39, 0.29) is 0 Å². The van der Waals surface area contributed by atoms with Crippen LogP contribution in [0, 0.1) is 0 Å². The largest absolute Gasteiger partial charge is 0.493 e. The van der Waals surface area contributed by atoms with Crippen molar-refractivity contribution in [1.29, 1.82) is 0 Å². The van der Waals surface area contributed by atoms with E-state index in [0.717, 1.165) is 37.0 Å². The molecule has 0 N–H and O–H groups in total. The van der Waals surface area contributed by atoms with Gasteiger partial charge in [0.15, 0.2) is 11.5 Å². The molecule has 4 nitrogen and oxygen atoms in total. The van der Waals surface area contributed by atoms with Crippen LogP contribution in [0.4, 0.5) is 0 Å². The van der Waals surface area contributed by atoms with Gasteiger partial charge in [0.05, 0.1) is 14.2 Å². The highest BCUT2D eigenvalue weighted by molar-refractivity contribution is 6.30. The van der Waals surface area contributed by atoms with E-state index in [1.807, 2.05) is 6.07 Å². The van der Waals surface area contributed by atoms with Crippen LogP contribution in [0.3, 0.4) is 0 Å². The Labute approximate surface area is 137 Å². The summed E-state index contributed by atoms with van der Waals surface area (Å²) in [5.74, 6) is 1.51. The summed E-state index contributed by atoms with van der Waals surface area (Å²) in [5, 5.41) is 0.697. The van der Waals surface area contributed by atoms with Crippen LogP contribution in [0.2, 0.25) is 5.02 Å². The molecule has 0 spiro atoms. The molecular formula is C17H25ClN2O2. The fourth-order valence-electron chi connectivity index (χ4n) is 3.72. The maximum atomic E-state index is 6.21. The SMILES string of the molecule is COc1cc(Cl)cc(CN2CC[C@@H](N3CCCC3)C2)c1OC. The van der Waals surface area contributed by atoms with E-state index in [9.17, 15) is 0 Å². The lowest BCUT2D eigenvalue weighted by atomic mass is 10.1. The predicted molar refractivity (Wildman–Crippen MR) is 89.0 cm³/mol. The van der Waals surface area contributed by atoms with Gasteiger partial charge in [-0.05, 0) is 38.4 Å². The van der Waals surface area contributed by atoms with Gasteiger partial charge in [-0.1, -0.05) is 11.6 Å². The number of nitrogens with zero attached hydrogens (tertiary/aromatic N) is 2. The van der Waals surface area contributed by atoms with Crippen molar-refractivity contribution >= 4 is 11.6 Å². The highest BCUT2D eigenvalue weighted by Crippen LogP contribution is 2.35. The van der Waals surface area contributed by atoms with Crippen molar-refractivity contribution in [2.75, 3.05) is 40.4 Å². The summed E-state index contributed by atoms with van der Waals surface area (Å²) in [6, 6.07) is 4.52. The number of hydrogen-bond acceptors (Lipinski definition) is 4. The van der Waals surface area contributed by atoms with E-state index in [0.29, 0.717) is 10.8 Å². The standard InChI is InChI=1S/C17H25ClN2O2/c1-21-16-10-14(18)9-13(17(16)22-2)11-19-8-5-15(12-19)20-6-3-4-7-20/h9-10,15H,3-8,11-12H2,1-2H3/t15-/m1/s1. The fraction of sp³-hybridized carbons (Fsp3) is 0.647. The lowest BCUT2D eigenvalue weighted by Gasteiger charge is -2.24. The van der Waals surface area contributed by atoms with Crippen LogP contribution in [-0.4, -0.2) is 56.2 Å². The molecule has 0 aliphatic carbocycles. The van der Waals surface area contributed by atoms with Crippen molar-refractivity contribution < 1.29 is 9.47 Å². The van der Waals surface area contributed by atoms with E-state index in [2.05, 4.69) is 9.80 Å². The Kier molecular flexibility index (Phi) is 5.11. The number of rotatable bonds is 5. The number of hydrogen-bond donors (Lipinski definition) is 0. The second-order valence-electron chi connectivity index (χ2n) is 6.22. The van der Waals surface area contributed by atoms with Crippen LogP contribution in [-0.2, 0) is 6.54 Å². The van der Waals surface area contributed by atoms with Crippen LogP contribution < -0.4 is 9.47 Å². The van der Waals surface area contributed by atoms with Gasteiger partial charge in [0.1, 0.15) is 0 Å². The van der Waals surface area contributed by atoms with Crippen LogP contribution in [0.15, 0.2) is 12.1 Å². The summed E-state index contributed by atoms with van der Waals surface area (Å²) in [4.78, 5) is 5.15. The molecule has 0 bridgehead atoms. The first-order valence-corrected chi connectivity index (χ1v) is 8.46. The zero-order valence-electron chi connectivity index (χ0n) is 13.5. The molecule has 2 heterocycles. The Bertz CT molecular complexity index is 518. The maximum Gasteiger partial charge on any atom is 0.165 e. The molecule has 1 atom stereocenters. The summed E-state index contributed by atoms with van der Waals surface area (Å²) < 4.78 is 10.9. The Morgan fingerprint density at radius 3 is 2.59 bits per heavy atom. The van der Waals surface area contributed by atoms with E-state index in [1.165, 1.54) is 32.4 Å². The predicted octanol–water partition coefficient (Wildman–Crippen LogP) is 3.03. The maximum absolute atomic E-state index is 6.21. The highest BCUT2D eigenvalue weighted by atomic mass is 35.5. The van der Waals surface area contributed by atoms with Crippen molar-refractivity contribution in [3.63, 3.8) is 0 Å². The van der Waals surface area contributed by atoms with E-state index in [4.69, 9.17) is 21.1 Å². The fourth-order valence-corrected chi connectivity index (χ4v) is 3.96. The second kappa shape index (κ2) is 7.07. The van der Waals surface area contributed by atoms with Gasteiger partial charge >= 0.3 is 0 Å². The number of methoxy groups -OCH3 is 2. The van der Waals surface area contributed by atoms with E-state index < -0.39 is 0 Å². The monoisotopic (exact) mass is 324 g/mol. The summed E-state index contributed by atoms with van der Waals surface area (Å²) >= 11 is 6.21. The van der Waals surface area contributed by atoms with Crippen molar-refractivity contribution in [2.45, 2.75) is 31.8 Å². The zero-order valence-corrected chi connectivity index (χ0v) is 14.2. The van der Waals surface area contributed by atoms with Gasteiger partial charge in [-0.2, -0.15) is 0 Å². The molecule has 2 aliphatic heterocycles. The molecular weight excluding hydrogens is 300 g/mol. The summed E-state index contributed by atoms with van der Waals surface area (Å²) in [6.07, 6.45) is 3.98. The van der Waals surface area contributed by atoms with Crippen LogP contribution in [0.25, 0.3) is 0 Å². The quantitative estimate of drug-likeness (QED) is 0.831. The Balaban J connectivity index is 1.69. The van der Waals surface area contributed by atoms with Gasteiger partial charge in [0.25, 0.3) is 0 Å². The second-order valence-corrected chi connectivity index (χ2v) is 6.66. The molecule has 1 aromatic carbocycles. The average Bonchev–Trinajstić information content (AvgIpc) is 3.17. The molecule has 122 valence electrons. The summed E-state index contributed by atoms with van der Waals surface area (Å²) in [7, 11) is 3.34. The molecule has 1 aromatic rings. The number of ether oxygens (including phenoxy) is 2. The Hall–Kier alpha value is -0.970. The molecule has 3 rings (SSSR count). The molecule has 0 amide bonds. The lowest BCUT2D eigenvalue weighted by molar-refractivity contribution is 0.228. The van der Waals surface area contributed by atoms with Gasteiger partial charge in [-0.25, -0.2) is 0 Å². The third kappa shape index (κ3) is 3.34. The van der Waals surface area contributed by atoms with Crippen molar-refractivity contribution in [2.24, 2.45) is 0 Å². The van der Waals surface area contributed by atoms with Gasteiger partial charge in [-0.3, -0.25) is 9.80 Å². The smallest absolute Gasteiger partial charge is 0.165 e. The molecule has 2 fully saturated rings. The van der Waals surface area contributed by atoms with Gasteiger partial charge in [-0.15, -0.1) is 0 Å². The first-order valence-electron chi connectivity index (χ1n) is 8.08. The minimum absolute atomic E-state index is 0.697. The molecule has 2 aliphatic rings. The van der Waals surface area contributed by atoms with Crippen LogP contribution in [0.5, 0.6) is 11.5 Å². The third-order valence-corrected chi connectivity index (χ3v) is 5.04. The van der Waals surface area contributed by atoms with E-state index in [1.54, 1.807) is 20.3 Å². The number of likely N-dealkylation sites (tertiary alicyclic amines) is 2. The van der Waals surface area contributed by atoms with Crippen LogP contribution >= 0.6 is 11.6 Å². The molecule has 2 saturated heterocycles. The Morgan fingerprint density at radius 2 is 1.91 bits per heavy atom. The molecule has 5 heteroatoms. The average molecular weight is 325 g/mol. The molecule has 0 aromatic heterocycles. The number of benzene rings is 1. The normalized spacial score (nSPS) is 23.1. The minimum atomic E-state index is 0.697. The van der Waals surface area contributed by atoms with Gasteiger partial charge in [0.2, 0.25) is 0 Å².